The second kappa shape index (κ2) is 14.6. The van der Waals surface area contributed by atoms with Gasteiger partial charge in [0.15, 0.2) is 0 Å². The van der Waals surface area contributed by atoms with Gasteiger partial charge in [-0.2, -0.15) is 0 Å². The van der Waals surface area contributed by atoms with Gasteiger partial charge in [0, 0.05) is 6.61 Å². The van der Waals surface area contributed by atoms with Gasteiger partial charge in [0.25, 0.3) is 0 Å². The van der Waals surface area contributed by atoms with Gasteiger partial charge in [-0.25, -0.2) is 0 Å². The fraction of sp³-hybridized carbons (Fsp3) is 0.913. The molecule has 0 radical (unpaired) electrons. The van der Waals surface area contributed by atoms with Crippen LogP contribution >= 0.6 is 0 Å². The van der Waals surface area contributed by atoms with Crippen LogP contribution in [0.15, 0.2) is 12.3 Å². The molecule has 2 nitrogen and oxygen atoms in total. The van der Waals surface area contributed by atoms with Crippen LogP contribution in [0.3, 0.4) is 0 Å². The van der Waals surface area contributed by atoms with Crippen LogP contribution in [0.2, 0.25) is 0 Å². The van der Waals surface area contributed by atoms with Gasteiger partial charge >= 0.3 is 0 Å². The highest BCUT2D eigenvalue weighted by Gasteiger charge is 2.50. The Morgan fingerprint density at radius 2 is 1.32 bits per heavy atom. The quantitative estimate of drug-likeness (QED) is 0.196. The Morgan fingerprint density at radius 3 is 1.84 bits per heavy atom. The first-order chi connectivity index (χ1) is 12.1. The summed E-state index contributed by atoms with van der Waals surface area (Å²) in [4.78, 5) is 0. The fourth-order valence-electron chi connectivity index (χ4n) is 4.18. The molecule has 0 aromatic rings. The molecule has 0 aromatic heterocycles. The molecule has 25 heavy (non-hydrogen) atoms. The molecular weight excluding hydrogens is 308 g/mol. The first-order valence-electron chi connectivity index (χ1n) is 11.1. The predicted octanol–water partition coefficient (Wildman–Crippen LogP) is 7.81. The first-order valence-corrected chi connectivity index (χ1v) is 11.1. The molecule has 0 aliphatic carbocycles. The van der Waals surface area contributed by atoms with Crippen molar-refractivity contribution in [3.63, 3.8) is 0 Å². The molecule has 150 valence electrons. The lowest BCUT2D eigenvalue weighted by Gasteiger charge is -2.49. The summed E-state index contributed by atoms with van der Waals surface area (Å²) in [7, 11) is 0. The Labute approximate surface area is 158 Å². The molecule has 1 unspecified atom stereocenters. The van der Waals surface area contributed by atoms with Crippen LogP contribution in [0, 0.1) is 0 Å². The van der Waals surface area contributed by atoms with Gasteiger partial charge in [-0.05, 0) is 45.4 Å². The van der Waals surface area contributed by atoms with Crippen molar-refractivity contribution in [1.82, 2.24) is 0 Å². The van der Waals surface area contributed by atoms with Crippen LogP contribution in [0.1, 0.15) is 119 Å². The molecule has 1 atom stereocenters. The van der Waals surface area contributed by atoms with E-state index < -0.39 is 0 Å². The highest BCUT2D eigenvalue weighted by molar-refractivity contribution is 5.02. The summed E-state index contributed by atoms with van der Waals surface area (Å²) in [6.45, 7) is 14.1. The molecule has 0 rings (SSSR count). The van der Waals surface area contributed by atoms with Crippen LogP contribution in [0.4, 0.5) is 0 Å². The Bertz CT molecular complexity index is 320. The maximum Gasteiger partial charge on any atom is 0.137 e. The number of hydrogen-bond donors (Lipinski definition) is 0. The molecule has 0 aliphatic rings. The van der Waals surface area contributed by atoms with Crippen molar-refractivity contribution in [2.24, 2.45) is 0 Å². The van der Waals surface area contributed by atoms with E-state index in [4.69, 9.17) is 9.47 Å². The van der Waals surface area contributed by atoms with Gasteiger partial charge in [-0.3, -0.25) is 0 Å². The third-order valence-corrected chi connectivity index (χ3v) is 5.61. The van der Waals surface area contributed by atoms with Crippen molar-refractivity contribution in [3.05, 3.63) is 12.3 Å². The average molecular weight is 355 g/mol. The molecule has 0 fully saturated rings. The first kappa shape index (κ1) is 24.5. The lowest BCUT2D eigenvalue weighted by molar-refractivity contribution is -0.197. The zero-order valence-electron chi connectivity index (χ0n) is 18.2. The fourth-order valence-corrected chi connectivity index (χ4v) is 4.18. The zero-order valence-corrected chi connectivity index (χ0v) is 18.2. The maximum atomic E-state index is 6.53. The monoisotopic (exact) mass is 354 g/mol. The van der Waals surface area contributed by atoms with E-state index in [1.165, 1.54) is 38.5 Å². The van der Waals surface area contributed by atoms with Crippen LogP contribution in [0.5, 0.6) is 0 Å². The van der Waals surface area contributed by atoms with E-state index in [0.717, 1.165) is 45.1 Å². The van der Waals surface area contributed by atoms with Crippen molar-refractivity contribution >= 4 is 0 Å². The molecular formula is C23H46O2. The zero-order chi connectivity index (χ0) is 19.0. The summed E-state index contributed by atoms with van der Waals surface area (Å²) in [6, 6.07) is 0. The van der Waals surface area contributed by atoms with Gasteiger partial charge in [-0.15, -0.1) is 0 Å². The third-order valence-electron chi connectivity index (χ3n) is 5.61. The van der Waals surface area contributed by atoms with Gasteiger partial charge in [0.05, 0.1) is 6.26 Å². The third kappa shape index (κ3) is 7.72. The summed E-state index contributed by atoms with van der Waals surface area (Å²) in [5.74, 6) is 0. The second-order valence-corrected chi connectivity index (χ2v) is 7.29. The average Bonchev–Trinajstić information content (AvgIpc) is 2.62. The highest BCUT2D eigenvalue weighted by atomic mass is 16.6. The Kier molecular flexibility index (Phi) is 14.4. The predicted molar refractivity (Wildman–Crippen MR) is 111 cm³/mol. The van der Waals surface area contributed by atoms with Gasteiger partial charge in [0.2, 0.25) is 0 Å². The normalized spacial score (nSPS) is 14.8. The number of allylic oxidation sites excluding steroid dienone is 1. The van der Waals surface area contributed by atoms with E-state index in [-0.39, 0.29) is 11.2 Å². The standard InChI is InChI=1S/C23H46O2/c1-7-13-15-16-17-18-20-23(19-9-3,25-21-14-8-2)22(10-4,11-5)24-12-6/h14,21H,7-13,15-20H2,1-6H3. The molecule has 0 spiro atoms. The molecule has 0 aromatic carbocycles. The van der Waals surface area contributed by atoms with E-state index in [1.807, 2.05) is 6.26 Å². The number of rotatable bonds is 17. The van der Waals surface area contributed by atoms with E-state index in [2.05, 4.69) is 47.6 Å². The highest BCUT2D eigenvalue weighted by Crippen LogP contribution is 2.43. The molecule has 2 heteroatoms. The Hall–Kier alpha value is -0.500. The molecule has 0 saturated heterocycles. The number of hydrogen-bond acceptors (Lipinski definition) is 2. The summed E-state index contributed by atoms with van der Waals surface area (Å²) >= 11 is 0. The van der Waals surface area contributed by atoms with Crippen LogP contribution in [-0.2, 0) is 9.47 Å². The lowest BCUT2D eigenvalue weighted by Crippen LogP contribution is -2.56. The number of unbranched alkanes of at least 4 members (excludes halogenated alkanes) is 5. The smallest absolute Gasteiger partial charge is 0.137 e. The van der Waals surface area contributed by atoms with Gasteiger partial charge in [0.1, 0.15) is 11.2 Å². The Morgan fingerprint density at radius 1 is 0.680 bits per heavy atom. The summed E-state index contributed by atoms with van der Waals surface area (Å²) in [6.07, 6.45) is 18.3. The van der Waals surface area contributed by atoms with Crippen molar-refractivity contribution < 1.29 is 9.47 Å². The minimum atomic E-state index is -0.197. The summed E-state index contributed by atoms with van der Waals surface area (Å²) in [5.41, 5.74) is -0.378. The maximum absolute atomic E-state index is 6.53. The molecule has 0 heterocycles. The van der Waals surface area contributed by atoms with Crippen LogP contribution in [0.25, 0.3) is 0 Å². The van der Waals surface area contributed by atoms with Crippen LogP contribution < -0.4 is 0 Å². The molecule has 0 N–H and O–H groups in total. The minimum absolute atomic E-state index is 0.181. The topological polar surface area (TPSA) is 18.5 Å². The molecule has 0 aliphatic heterocycles. The second-order valence-electron chi connectivity index (χ2n) is 7.29. The van der Waals surface area contributed by atoms with E-state index in [9.17, 15) is 0 Å². The van der Waals surface area contributed by atoms with Crippen molar-refractivity contribution in [2.75, 3.05) is 6.61 Å². The van der Waals surface area contributed by atoms with E-state index in [0.29, 0.717) is 0 Å². The minimum Gasteiger partial charge on any atom is -0.492 e. The Balaban J connectivity index is 5.29. The number of ether oxygens (including phenoxy) is 2. The summed E-state index contributed by atoms with van der Waals surface area (Å²) in [5, 5.41) is 0. The summed E-state index contributed by atoms with van der Waals surface area (Å²) < 4.78 is 12.9. The van der Waals surface area contributed by atoms with E-state index in [1.54, 1.807) is 0 Å². The van der Waals surface area contributed by atoms with Crippen molar-refractivity contribution in [3.8, 4) is 0 Å². The van der Waals surface area contributed by atoms with Crippen LogP contribution in [-0.4, -0.2) is 17.8 Å². The molecule has 0 saturated carbocycles. The SMILES string of the molecule is CCC=COC(CCC)(CCCCCCCC)C(CC)(CC)OCC. The largest absolute Gasteiger partial charge is 0.492 e. The van der Waals surface area contributed by atoms with Crippen molar-refractivity contribution in [2.45, 2.75) is 130 Å². The van der Waals surface area contributed by atoms with Gasteiger partial charge < -0.3 is 9.47 Å². The molecule has 0 amide bonds. The lowest BCUT2D eigenvalue weighted by atomic mass is 9.72. The van der Waals surface area contributed by atoms with Gasteiger partial charge in [-0.1, -0.05) is 79.2 Å². The molecule has 0 bridgehead atoms. The van der Waals surface area contributed by atoms with Crippen molar-refractivity contribution in [1.29, 1.82) is 0 Å². The van der Waals surface area contributed by atoms with E-state index >= 15 is 0 Å².